The van der Waals surface area contributed by atoms with Crippen LogP contribution in [0.2, 0.25) is 0 Å². The Hall–Kier alpha value is -2.53. The summed E-state index contributed by atoms with van der Waals surface area (Å²) in [5.41, 5.74) is 10.2. The van der Waals surface area contributed by atoms with Crippen molar-refractivity contribution >= 4 is 11.6 Å². The molecule has 0 fully saturated rings. The highest BCUT2D eigenvalue weighted by molar-refractivity contribution is 5.92. The molecule has 2 aromatic carbocycles. The molecule has 0 saturated carbocycles. The van der Waals surface area contributed by atoms with Crippen molar-refractivity contribution in [2.75, 3.05) is 25.6 Å². The van der Waals surface area contributed by atoms with Crippen LogP contribution in [0.5, 0.6) is 5.75 Å². The molecule has 0 radical (unpaired) electrons. The molecule has 0 bridgehead atoms. The highest BCUT2D eigenvalue weighted by Crippen LogP contribution is 2.22. The second kappa shape index (κ2) is 9.69. The Morgan fingerprint density at radius 3 is 2.52 bits per heavy atom. The Balaban J connectivity index is 1.80. The zero-order valence-corrected chi connectivity index (χ0v) is 15.2. The molecule has 0 aliphatic rings. The third-order valence-corrected chi connectivity index (χ3v) is 3.82. The summed E-state index contributed by atoms with van der Waals surface area (Å²) in [5, 5.41) is 3.13. The van der Waals surface area contributed by atoms with E-state index in [2.05, 4.69) is 36.3 Å². The standard InChI is InChI=1S/C20H27N3O2/c1-15-8-6-9-16(2)19(15)25-13-7-12-22-20(21)23-18-11-5-4-10-17(18)14-24-3/h4-6,8-11H,7,12-14H2,1-3H3,(H3,21,22,23). The van der Waals surface area contributed by atoms with E-state index in [-0.39, 0.29) is 0 Å². The van der Waals surface area contributed by atoms with Crippen molar-refractivity contribution in [2.45, 2.75) is 26.9 Å². The lowest BCUT2D eigenvalue weighted by Crippen LogP contribution is -2.23. The van der Waals surface area contributed by atoms with E-state index < -0.39 is 0 Å². The summed E-state index contributed by atoms with van der Waals surface area (Å²) in [7, 11) is 1.67. The van der Waals surface area contributed by atoms with Crippen molar-refractivity contribution in [2.24, 2.45) is 10.7 Å². The Labute approximate surface area is 149 Å². The second-order valence-corrected chi connectivity index (χ2v) is 5.91. The minimum Gasteiger partial charge on any atom is -0.493 e. The number of rotatable bonds is 8. The average Bonchev–Trinajstić information content (AvgIpc) is 2.59. The number of nitrogens with two attached hydrogens (primary N) is 1. The topological polar surface area (TPSA) is 68.9 Å². The van der Waals surface area contributed by atoms with Gasteiger partial charge in [-0.15, -0.1) is 0 Å². The fraction of sp³-hybridized carbons (Fsp3) is 0.350. The fourth-order valence-corrected chi connectivity index (χ4v) is 2.57. The van der Waals surface area contributed by atoms with Crippen LogP contribution < -0.4 is 15.8 Å². The van der Waals surface area contributed by atoms with E-state index >= 15 is 0 Å². The maximum Gasteiger partial charge on any atom is 0.193 e. The van der Waals surface area contributed by atoms with Gasteiger partial charge in [0.2, 0.25) is 0 Å². The molecule has 2 rings (SSSR count). The van der Waals surface area contributed by atoms with Gasteiger partial charge in [-0.25, -0.2) is 0 Å². The molecule has 0 atom stereocenters. The van der Waals surface area contributed by atoms with Crippen LogP contribution in [0.25, 0.3) is 0 Å². The number of methoxy groups -OCH3 is 1. The predicted molar refractivity (Wildman–Crippen MR) is 103 cm³/mol. The summed E-state index contributed by atoms with van der Waals surface area (Å²) in [6, 6.07) is 14.0. The highest BCUT2D eigenvalue weighted by Gasteiger charge is 2.04. The minimum absolute atomic E-state index is 0.399. The Morgan fingerprint density at radius 2 is 1.80 bits per heavy atom. The van der Waals surface area contributed by atoms with Gasteiger partial charge >= 0.3 is 0 Å². The summed E-state index contributed by atoms with van der Waals surface area (Å²) in [6.45, 7) is 5.86. The molecular formula is C20H27N3O2. The third kappa shape index (κ3) is 5.80. The molecule has 0 aliphatic heterocycles. The lowest BCUT2D eigenvalue weighted by Gasteiger charge is -2.12. The Kier molecular flexibility index (Phi) is 7.29. The van der Waals surface area contributed by atoms with Crippen LogP contribution in [0.1, 0.15) is 23.1 Å². The zero-order chi connectivity index (χ0) is 18.1. The van der Waals surface area contributed by atoms with Crippen LogP contribution in [-0.4, -0.2) is 26.2 Å². The SMILES string of the molecule is COCc1ccccc1NC(N)=NCCCOc1c(C)cccc1C. The smallest absolute Gasteiger partial charge is 0.193 e. The number of aryl methyl sites for hydroxylation is 2. The highest BCUT2D eigenvalue weighted by atomic mass is 16.5. The van der Waals surface area contributed by atoms with Gasteiger partial charge in [-0.2, -0.15) is 0 Å². The van der Waals surface area contributed by atoms with Crippen LogP contribution in [0.3, 0.4) is 0 Å². The Morgan fingerprint density at radius 1 is 1.08 bits per heavy atom. The summed E-state index contributed by atoms with van der Waals surface area (Å²) >= 11 is 0. The summed E-state index contributed by atoms with van der Waals surface area (Å²) in [4.78, 5) is 4.36. The van der Waals surface area contributed by atoms with Crippen molar-refractivity contribution in [3.8, 4) is 5.75 Å². The quantitative estimate of drug-likeness (QED) is 0.437. The first-order valence-corrected chi connectivity index (χ1v) is 8.44. The molecule has 0 amide bonds. The van der Waals surface area contributed by atoms with Crippen LogP contribution in [-0.2, 0) is 11.3 Å². The molecule has 0 aromatic heterocycles. The van der Waals surface area contributed by atoms with Gasteiger partial charge in [0.05, 0.1) is 13.2 Å². The second-order valence-electron chi connectivity index (χ2n) is 5.91. The molecule has 5 heteroatoms. The van der Waals surface area contributed by atoms with Gasteiger partial charge in [0.25, 0.3) is 0 Å². The maximum atomic E-state index is 5.97. The lowest BCUT2D eigenvalue weighted by molar-refractivity contribution is 0.185. The van der Waals surface area contributed by atoms with Crippen molar-refractivity contribution < 1.29 is 9.47 Å². The van der Waals surface area contributed by atoms with Gasteiger partial charge < -0.3 is 20.5 Å². The van der Waals surface area contributed by atoms with Crippen LogP contribution >= 0.6 is 0 Å². The first kappa shape index (κ1) is 18.8. The first-order valence-electron chi connectivity index (χ1n) is 8.44. The number of ether oxygens (including phenoxy) is 2. The lowest BCUT2D eigenvalue weighted by atomic mass is 10.1. The van der Waals surface area contributed by atoms with Crippen LogP contribution in [0.15, 0.2) is 47.5 Å². The summed E-state index contributed by atoms with van der Waals surface area (Å²) in [6.07, 6.45) is 0.801. The molecular weight excluding hydrogens is 314 g/mol. The van der Waals surface area contributed by atoms with Gasteiger partial charge in [-0.3, -0.25) is 4.99 Å². The third-order valence-electron chi connectivity index (χ3n) is 3.82. The van der Waals surface area contributed by atoms with Gasteiger partial charge in [0, 0.05) is 31.3 Å². The van der Waals surface area contributed by atoms with Gasteiger partial charge in [0.15, 0.2) is 5.96 Å². The van der Waals surface area contributed by atoms with E-state index in [9.17, 15) is 0 Å². The minimum atomic E-state index is 0.399. The molecule has 0 aliphatic carbocycles. The largest absolute Gasteiger partial charge is 0.493 e. The number of nitrogens with one attached hydrogen (secondary N) is 1. The van der Waals surface area contributed by atoms with E-state index in [1.807, 2.05) is 30.3 Å². The predicted octanol–water partition coefficient (Wildman–Crippen LogP) is 3.65. The number of para-hydroxylation sites is 2. The molecule has 0 spiro atoms. The summed E-state index contributed by atoms with van der Waals surface area (Å²) < 4.78 is 11.1. The molecule has 5 nitrogen and oxygen atoms in total. The van der Waals surface area contributed by atoms with Gasteiger partial charge in [0.1, 0.15) is 5.75 Å². The maximum absolute atomic E-state index is 5.97. The van der Waals surface area contributed by atoms with Crippen LogP contribution in [0, 0.1) is 13.8 Å². The molecule has 3 N–H and O–H groups in total. The molecule has 25 heavy (non-hydrogen) atoms. The van der Waals surface area contributed by atoms with Crippen molar-refractivity contribution in [3.05, 3.63) is 59.2 Å². The zero-order valence-electron chi connectivity index (χ0n) is 15.2. The van der Waals surface area contributed by atoms with E-state index in [0.29, 0.717) is 25.7 Å². The number of aliphatic imine (C=N–C) groups is 1. The Bertz CT molecular complexity index is 694. The van der Waals surface area contributed by atoms with E-state index in [1.54, 1.807) is 7.11 Å². The summed E-state index contributed by atoms with van der Waals surface area (Å²) in [5.74, 6) is 1.36. The number of benzene rings is 2. The first-order chi connectivity index (χ1) is 12.1. The molecule has 0 unspecified atom stereocenters. The molecule has 134 valence electrons. The molecule has 0 heterocycles. The van der Waals surface area contributed by atoms with E-state index in [4.69, 9.17) is 15.2 Å². The normalized spacial score (nSPS) is 11.4. The number of guanidine groups is 1. The number of nitrogens with zero attached hydrogens (tertiary/aromatic N) is 1. The monoisotopic (exact) mass is 341 g/mol. The van der Waals surface area contributed by atoms with Crippen LogP contribution in [0.4, 0.5) is 5.69 Å². The van der Waals surface area contributed by atoms with Crippen molar-refractivity contribution in [3.63, 3.8) is 0 Å². The van der Waals surface area contributed by atoms with E-state index in [1.165, 1.54) is 0 Å². The van der Waals surface area contributed by atoms with Gasteiger partial charge in [-0.1, -0.05) is 36.4 Å². The fourth-order valence-electron chi connectivity index (χ4n) is 2.57. The van der Waals surface area contributed by atoms with Crippen molar-refractivity contribution in [1.29, 1.82) is 0 Å². The van der Waals surface area contributed by atoms with Crippen molar-refractivity contribution in [1.82, 2.24) is 0 Å². The molecule has 2 aromatic rings. The number of hydrogen-bond donors (Lipinski definition) is 2. The number of hydrogen-bond acceptors (Lipinski definition) is 3. The van der Waals surface area contributed by atoms with E-state index in [0.717, 1.165) is 34.5 Å². The average molecular weight is 341 g/mol. The molecule has 0 saturated heterocycles. The number of anilines is 1. The van der Waals surface area contributed by atoms with Gasteiger partial charge in [-0.05, 0) is 31.0 Å².